The van der Waals surface area contributed by atoms with Crippen LogP contribution in [0.25, 0.3) is 0 Å². The van der Waals surface area contributed by atoms with Crippen molar-refractivity contribution in [1.29, 1.82) is 0 Å². The van der Waals surface area contributed by atoms with Crippen LogP contribution in [0.1, 0.15) is 44.9 Å². The minimum absolute atomic E-state index is 0.00448. The van der Waals surface area contributed by atoms with Crippen molar-refractivity contribution in [3.8, 4) is 0 Å². The van der Waals surface area contributed by atoms with Crippen molar-refractivity contribution in [2.45, 2.75) is 46.8 Å². The Hall–Kier alpha value is -0.930. The first-order valence-corrected chi connectivity index (χ1v) is 6.86. The molecule has 1 aromatic rings. The highest BCUT2D eigenvalue weighted by molar-refractivity contribution is 5.30. The first-order chi connectivity index (χ1) is 8.81. The van der Waals surface area contributed by atoms with Gasteiger partial charge in [0.1, 0.15) is 5.82 Å². The maximum Gasteiger partial charge on any atom is 0.123 e. The zero-order valence-corrected chi connectivity index (χ0v) is 12.9. The van der Waals surface area contributed by atoms with E-state index >= 15 is 0 Å². The van der Waals surface area contributed by atoms with Crippen molar-refractivity contribution in [3.05, 3.63) is 35.1 Å². The highest BCUT2D eigenvalue weighted by Crippen LogP contribution is 2.34. The second-order valence-electron chi connectivity index (χ2n) is 6.01. The van der Waals surface area contributed by atoms with E-state index in [4.69, 9.17) is 4.74 Å². The van der Waals surface area contributed by atoms with Crippen molar-refractivity contribution in [1.82, 2.24) is 5.32 Å². The molecule has 0 spiro atoms. The molecule has 2 nitrogen and oxygen atoms in total. The van der Waals surface area contributed by atoms with Crippen molar-refractivity contribution in [3.63, 3.8) is 0 Å². The molecule has 0 fully saturated rings. The number of nitrogens with one attached hydrogen (secondary N) is 1. The Kier molecular flexibility index (Phi) is 5.50. The first kappa shape index (κ1) is 16.1. The van der Waals surface area contributed by atoms with Crippen LogP contribution < -0.4 is 5.32 Å². The van der Waals surface area contributed by atoms with Gasteiger partial charge in [-0.3, -0.25) is 0 Å². The Morgan fingerprint density at radius 2 is 1.95 bits per heavy atom. The molecular formula is C16H26FNO. The topological polar surface area (TPSA) is 21.3 Å². The highest BCUT2D eigenvalue weighted by Gasteiger charge is 2.33. The summed E-state index contributed by atoms with van der Waals surface area (Å²) in [4.78, 5) is 0. The molecule has 1 aromatic carbocycles. The van der Waals surface area contributed by atoms with Gasteiger partial charge in [0.05, 0.1) is 12.1 Å². The van der Waals surface area contributed by atoms with Gasteiger partial charge in [0.15, 0.2) is 0 Å². The lowest BCUT2D eigenvalue weighted by atomic mass is 9.81. The van der Waals surface area contributed by atoms with Gasteiger partial charge < -0.3 is 10.1 Å². The Morgan fingerprint density at radius 3 is 2.37 bits per heavy atom. The van der Waals surface area contributed by atoms with Gasteiger partial charge in [0.25, 0.3) is 0 Å². The van der Waals surface area contributed by atoms with Gasteiger partial charge in [-0.05, 0) is 49.6 Å². The van der Waals surface area contributed by atoms with Crippen molar-refractivity contribution in [2.24, 2.45) is 5.41 Å². The van der Waals surface area contributed by atoms with E-state index in [2.05, 4.69) is 26.1 Å². The third kappa shape index (κ3) is 4.02. The average Bonchev–Trinajstić information content (AvgIpc) is 2.30. The van der Waals surface area contributed by atoms with E-state index in [9.17, 15) is 4.39 Å². The molecule has 0 aliphatic carbocycles. The normalized spacial score (nSPS) is 15.3. The van der Waals surface area contributed by atoms with Gasteiger partial charge in [-0.1, -0.05) is 26.8 Å². The summed E-state index contributed by atoms with van der Waals surface area (Å²) < 4.78 is 19.2. The molecule has 2 unspecified atom stereocenters. The van der Waals surface area contributed by atoms with Crippen LogP contribution in [0.15, 0.2) is 18.2 Å². The van der Waals surface area contributed by atoms with Crippen LogP contribution >= 0.6 is 0 Å². The molecule has 19 heavy (non-hydrogen) atoms. The number of likely N-dealkylation sites (N-methyl/N-ethyl adjacent to an activating group) is 1. The summed E-state index contributed by atoms with van der Waals surface area (Å²) >= 11 is 0. The molecule has 0 saturated carbocycles. The lowest BCUT2D eigenvalue weighted by Gasteiger charge is -2.37. The van der Waals surface area contributed by atoms with Gasteiger partial charge in [-0.25, -0.2) is 4.39 Å². The molecule has 2 atom stereocenters. The summed E-state index contributed by atoms with van der Waals surface area (Å²) in [5.74, 6) is -0.195. The van der Waals surface area contributed by atoms with Crippen molar-refractivity contribution >= 4 is 0 Å². The SMILES string of the molecule is CCOC(C(NC)c1ccc(F)cc1C)C(C)(C)C. The minimum Gasteiger partial charge on any atom is -0.376 e. The predicted molar refractivity (Wildman–Crippen MR) is 77.8 cm³/mol. The molecule has 0 aliphatic rings. The molecule has 0 amide bonds. The monoisotopic (exact) mass is 267 g/mol. The lowest BCUT2D eigenvalue weighted by molar-refractivity contribution is -0.0352. The molecule has 0 radical (unpaired) electrons. The van der Waals surface area contributed by atoms with E-state index in [0.29, 0.717) is 6.61 Å². The third-order valence-corrected chi connectivity index (χ3v) is 3.38. The molecule has 1 N–H and O–H groups in total. The van der Waals surface area contributed by atoms with Crippen LogP contribution in [0, 0.1) is 18.2 Å². The van der Waals surface area contributed by atoms with Crippen LogP contribution in [0.5, 0.6) is 0 Å². The molecule has 0 saturated heterocycles. The van der Waals surface area contributed by atoms with E-state index in [1.807, 2.05) is 27.0 Å². The van der Waals surface area contributed by atoms with Crippen LogP contribution in [0.4, 0.5) is 4.39 Å². The summed E-state index contributed by atoms with van der Waals surface area (Å²) in [7, 11) is 1.92. The molecule has 0 aliphatic heterocycles. The molecule has 108 valence electrons. The Bertz CT molecular complexity index is 412. The fraction of sp³-hybridized carbons (Fsp3) is 0.625. The number of ether oxygens (including phenoxy) is 1. The van der Waals surface area contributed by atoms with Crippen LogP contribution in [-0.4, -0.2) is 19.8 Å². The van der Waals surface area contributed by atoms with Gasteiger partial charge in [-0.15, -0.1) is 0 Å². The van der Waals surface area contributed by atoms with E-state index in [1.165, 1.54) is 6.07 Å². The summed E-state index contributed by atoms with van der Waals surface area (Å²) in [6, 6.07) is 4.99. The maximum atomic E-state index is 13.2. The summed E-state index contributed by atoms with van der Waals surface area (Å²) in [6.45, 7) is 11.1. The van der Waals surface area contributed by atoms with E-state index < -0.39 is 0 Å². The summed E-state index contributed by atoms with van der Waals surface area (Å²) in [5, 5.41) is 3.32. The number of hydrogen-bond donors (Lipinski definition) is 1. The largest absolute Gasteiger partial charge is 0.376 e. The van der Waals surface area contributed by atoms with Crippen molar-refractivity contribution in [2.75, 3.05) is 13.7 Å². The molecule has 3 heteroatoms. The fourth-order valence-corrected chi connectivity index (χ4v) is 2.48. The average molecular weight is 267 g/mol. The summed E-state index contributed by atoms with van der Waals surface area (Å²) in [6.07, 6.45) is 0.0339. The second-order valence-corrected chi connectivity index (χ2v) is 6.01. The zero-order valence-electron chi connectivity index (χ0n) is 12.9. The molecule has 0 heterocycles. The number of hydrogen-bond acceptors (Lipinski definition) is 2. The lowest BCUT2D eigenvalue weighted by Crippen LogP contribution is -2.41. The standard InChI is InChI=1S/C16H26FNO/c1-7-19-15(16(3,4)5)14(18-6)13-9-8-12(17)10-11(13)2/h8-10,14-15,18H,7H2,1-6H3. The molecular weight excluding hydrogens is 241 g/mol. The van der Waals surface area contributed by atoms with Gasteiger partial charge >= 0.3 is 0 Å². The third-order valence-electron chi connectivity index (χ3n) is 3.38. The molecule has 1 rings (SSSR count). The number of aryl methyl sites for hydroxylation is 1. The summed E-state index contributed by atoms with van der Waals surface area (Å²) in [5.41, 5.74) is 2.05. The number of rotatable bonds is 5. The fourth-order valence-electron chi connectivity index (χ4n) is 2.48. The Morgan fingerprint density at radius 1 is 1.32 bits per heavy atom. The smallest absolute Gasteiger partial charge is 0.123 e. The van der Waals surface area contributed by atoms with E-state index in [-0.39, 0.29) is 23.4 Å². The highest BCUT2D eigenvalue weighted by atomic mass is 19.1. The van der Waals surface area contributed by atoms with Crippen LogP contribution in [0.3, 0.4) is 0 Å². The Labute approximate surface area is 116 Å². The maximum absolute atomic E-state index is 13.2. The molecule has 0 bridgehead atoms. The van der Waals surface area contributed by atoms with E-state index in [0.717, 1.165) is 11.1 Å². The first-order valence-electron chi connectivity index (χ1n) is 6.86. The minimum atomic E-state index is -0.195. The van der Waals surface area contributed by atoms with Gasteiger partial charge in [0, 0.05) is 6.61 Å². The van der Waals surface area contributed by atoms with Gasteiger partial charge in [0.2, 0.25) is 0 Å². The Balaban J connectivity index is 3.16. The number of halogens is 1. The zero-order chi connectivity index (χ0) is 14.6. The molecule has 0 aromatic heterocycles. The van der Waals surface area contributed by atoms with Crippen LogP contribution in [-0.2, 0) is 4.74 Å². The van der Waals surface area contributed by atoms with Gasteiger partial charge in [-0.2, -0.15) is 0 Å². The predicted octanol–water partition coefficient (Wildman–Crippen LogP) is 3.85. The quantitative estimate of drug-likeness (QED) is 0.875. The number of benzene rings is 1. The van der Waals surface area contributed by atoms with Crippen LogP contribution in [0.2, 0.25) is 0 Å². The van der Waals surface area contributed by atoms with Crippen molar-refractivity contribution < 1.29 is 9.13 Å². The van der Waals surface area contributed by atoms with E-state index in [1.54, 1.807) is 6.07 Å². The second kappa shape index (κ2) is 6.49.